The number of hydrogen-bond donors (Lipinski definition) is 1. The number of nitrogens with one attached hydrogen (secondary N) is 1. The van der Waals surface area contributed by atoms with E-state index in [1.165, 1.54) is 0 Å². The Morgan fingerprint density at radius 1 is 1.26 bits per heavy atom. The summed E-state index contributed by atoms with van der Waals surface area (Å²) in [5, 5.41) is 3.07. The summed E-state index contributed by atoms with van der Waals surface area (Å²) in [6, 6.07) is 9.76. The molecule has 0 bridgehead atoms. The molecule has 0 saturated heterocycles. The number of benzene rings is 1. The van der Waals surface area contributed by atoms with Crippen molar-refractivity contribution in [2.45, 2.75) is 13.0 Å². The normalized spacial score (nSPS) is 12.5. The molecule has 0 spiro atoms. The Hall–Kier alpha value is -1.39. The molecule has 19 heavy (non-hydrogen) atoms. The average Bonchev–Trinajstić information content (AvgIpc) is 2.45. The van der Waals surface area contributed by atoms with Gasteiger partial charge < -0.3 is 10.2 Å². The van der Waals surface area contributed by atoms with Gasteiger partial charge in [0.2, 0.25) is 5.91 Å². The van der Waals surface area contributed by atoms with Crippen molar-refractivity contribution in [1.29, 1.82) is 0 Å². The van der Waals surface area contributed by atoms with Gasteiger partial charge in [-0.2, -0.15) is 0 Å². The van der Waals surface area contributed by atoms with Crippen molar-refractivity contribution >= 4 is 5.91 Å². The number of rotatable bonds is 7. The monoisotopic (exact) mass is 263 g/mol. The zero-order chi connectivity index (χ0) is 14.3. The molecule has 0 saturated carbocycles. The number of carbonyl (C=O) groups excluding carboxylic acids is 1. The molecule has 0 aliphatic rings. The Labute approximate surface area is 116 Å². The van der Waals surface area contributed by atoms with Gasteiger partial charge in [-0.15, -0.1) is 0 Å². The molecule has 106 valence electrons. The second kappa shape index (κ2) is 7.92. The molecule has 1 atom stereocenters. The van der Waals surface area contributed by atoms with E-state index in [4.69, 9.17) is 0 Å². The van der Waals surface area contributed by atoms with Crippen molar-refractivity contribution in [3.63, 3.8) is 0 Å². The van der Waals surface area contributed by atoms with E-state index in [2.05, 4.69) is 17.1 Å². The highest BCUT2D eigenvalue weighted by Crippen LogP contribution is 2.21. The molecule has 4 nitrogen and oxygen atoms in total. The van der Waals surface area contributed by atoms with Gasteiger partial charge in [0, 0.05) is 20.1 Å². The Balaban J connectivity index is 2.89. The highest BCUT2D eigenvalue weighted by atomic mass is 16.2. The Kier molecular flexibility index (Phi) is 6.53. The van der Waals surface area contributed by atoms with Crippen LogP contribution in [0.25, 0.3) is 0 Å². The van der Waals surface area contributed by atoms with Crippen LogP contribution in [0.1, 0.15) is 18.5 Å². The van der Waals surface area contributed by atoms with Crippen molar-refractivity contribution in [2.24, 2.45) is 0 Å². The van der Waals surface area contributed by atoms with Crippen LogP contribution < -0.4 is 5.32 Å². The lowest BCUT2D eigenvalue weighted by Crippen LogP contribution is -2.41. The van der Waals surface area contributed by atoms with E-state index in [9.17, 15) is 4.79 Å². The van der Waals surface area contributed by atoms with E-state index < -0.39 is 0 Å². The van der Waals surface area contributed by atoms with Gasteiger partial charge in [0.15, 0.2) is 0 Å². The highest BCUT2D eigenvalue weighted by molar-refractivity contribution is 5.83. The van der Waals surface area contributed by atoms with Crippen LogP contribution >= 0.6 is 0 Å². The van der Waals surface area contributed by atoms with Crippen molar-refractivity contribution in [3.8, 4) is 0 Å². The summed E-state index contributed by atoms with van der Waals surface area (Å²) in [5.74, 6) is 0.144. The summed E-state index contributed by atoms with van der Waals surface area (Å²) in [5.41, 5.74) is 1.05. The second-order valence-corrected chi connectivity index (χ2v) is 4.75. The number of nitrogens with zero attached hydrogens (tertiary/aromatic N) is 2. The summed E-state index contributed by atoms with van der Waals surface area (Å²) >= 11 is 0. The van der Waals surface area contributed by atoms with Crippen LogP contribution in [-0.2, 0) is 4.79 Å². The zero-order valence-electron chi connectivity index (χ0n) is 12.4. The first kappa shape index (κ1) is 15.7. The minimum atomic E-state index is -0.201. The number of carbonyl (C=O) groups is 1. The molecule has 1 rings (SSSR count). The van der Waals surface area contributed by atoms with Crippen LogP contribution in [0.15, 0.2) is 30.3 Å². The molecule has 0 aliphatic heterocycles. The fraction of sp³-hybridized carbons (Fsp3) is 0.533. The van der Waals surface area contributed by atoms with Crippen molar-refractivity contribution < 1.29 is 4.79 Å². The Morgan fingerprint density at radius 3 is 2.42 bits per heavy atom. The lowest BCUT2D eigenvalue weighted by Gasteiger charge is -2.30. The SMILES string of the molecule is CCN(C)C(C(=O)N(C)CCNC)c1ccccc1. The minimum Gasteiger partial charge on any atom is -0.343 e. The summed E-state index contributed by atoms with van der Waals surface area (Å²) in [4.78, 5) is 16.5. The van der Waals surface area contributed by atoms with E-state index in [-0.39, 0.29) is 11.9 Å². The molecule has 1 amide bonds. The van der Waals surface area contributed by atoms with E-state index in [1.807, 2.05) is 51.5 Å². The molecule has 0 heterocycles. The minimum absolute atomic E-state index is 0.144. The van der Waals surface area contributed by atoms with Gasteiger partial charge in [0.1, 0.15) is 6.04 Å². The topological polar surface area (TPSA) is 35.6 Å². The maximum atomic E-state index is 12.6. The van der Waals surface area contributed by atoms with E-state index in [1.54, 1.807) is 4.90 Å². The summed E-state index contributed by atoms with van der Waals surface area (Å²) in [7, 11) is 5.74. The molecule has 0 radical (unpaired) electrons. The fourth-order valence-corrected chi connectivity index (χ4v) is 2.00. The maximum absolute atomic E-state index is 12.6. The van der Waals surface area contributed by atoms with Gasteiger partial charge in [-0.25, -0.2) is 0 Å². The zero-order valence-corrected chi connectivity index (χ0v) is 12.4. The second-order valence-electron chi connectivity index (χ2n) is 4.75. The van der Waals surface area contributed by atoms with Crippen LogP contribution in [0.5, 0.6) is 0 Å². The van der Waals surface area contributed by atoms with Gasteiger partial charge in [-0.05, 0) is 26.2 Å². The van der Waals surface area contributed by atoms with Gasteiger partial charge in [0.25, 0.3) is 0 Å². The fourth-order valence-electron chi connectivity index (χ4n) is 2.00. The predicted molar refractivity (Wildman–Crippen MR) is 79.1 cm³/mol. The Morgan fingerprint density at radius 2 is 1.89 bits per heavy atom. The predicted octanol–water partition coefficient (Wildman–Crippen LogP) is 1.36. The van der Waals surface area contributed by atoms with Gasteiger partial charge in [-0.3, -0.25) is 9.69 Å². The highest BCUT2D eigenvalue weighted by Gasteiger charge is 2.26. The first-order valence-corrected chi connectivity index (χ1v) is 6.76. The molecule has 0 aromatic heterocycles. The molecule has 4 heteroatoms. The van der Waals surface area contributed by atoms with Crippen molar-refractivity contribution in [1.82, 2.24) is 15.1 Å². The summed E-state index contributed by atoms with van der Waals surface area (Å²) < 4.78 is 0. The van der Waals surface area contributed by atoms with Crippen LogP contribution in [0, 0.1) is 0 Å². The van der Waals surface area contributed by atoms with Crippen molar-refractivity contribution in [2.75, 3.05) is 40.8 Å². The van der Waals surface area contributed by atoms with Crippen molar-refractivity contribution in [3.05, 3.63) is 35.9 Å². The van der Waals surface area contributed by atoms with Crippen LogP contribution in [0.4, 0.5) is 0 Å². The molecule has 1 N–H and O–H groups in total. The lowest BCUT2D eigenvalue weighted by atomic mass is 10.0. The summed E-state index contributed by atoms with van der Waals surface area (Å²) in [6.07, 6.45) is 0. The van der Waals surface area contributed by atoms with Gasteiger partial charge >= 0.3 is 0 Å². The molecule has 1 aromatic carbocycles. The molecular formula is C15H25N3O. The number of likely N-dealkylation sites (N-methyl/N-ethyl adjacent to an activating group) is 3. The third-order valence-electron chi connectivity index (χ3n) is 3.36. The molecule has 1 aromatic rings. The first-order valence-electron chi connectivity index (χ1n) is 6.76. The van der Waals surface area contributed by atoms with Crippen LogP contribution in [0.2, 0.25) is 0 Å². The van der Waals surface area contributed by atoms with Gasteiger partial charge in [0.05, 0.1) is 0 Å². The van der Waals surface area contributed by atoms with E-state index in [0.29, 0.717) is 0 Å². The largest absolute Gasteiger partial charge is 0.343 e. The smallest absolute Gasteiger partial charge is 0.244 e. The van der Waals surface area contributed by atoms with Crippen LogP contribution in [0.3, 0.4) is 0 Å². The molecule has 0 aliphatic carbocycles. The molecular weight excluding hydrogens is 238 g/mol. The van der Waals surface area contributed by atoms with Gasteiger partial charge in [-0.1, -0.05) is 37.3 Å². The molecule has 1 unspecified atom stereocenters. The van der Waals surface area contributed by atoms with E-state index in [0.717, 1.165) is 25.2 Å². The number of hydrogen-bond acceptors (Lipinski definition) is 3. The average molecular weight is 263 g/mol. The molecule has 0 fully saturated rings. The lowest BCUT2D eigenvalue weighted by molar-refractivity contribution is -0.135. The summed E-state index contributed by atoms with van der Waals surface area (Å²) in [6.45, 7) is 4.43. The maximum Gasteiger partial charge on any atom is 0.244 e. The number of amides is 1. The Bertz CT molecular complexity index is 380. The van der Waals surface area contributed by atoms with Crippen LogP contribution in [-0.4, -0.2) is 56.5 Å². The third-order valence-corrected chi connectivity index (χ3v) is 3.36. The quantitative estimate of drug-likeness (QED) is 0.807. The third kappa shape index (κ3) is 4.33. The first-order chi connectivity index (χ1) is 9.11. The standard InChI is InChI=1S/C15H25N3O/c1-5-17(3)14(13-9-7-6-8-10-13)15(19)18(4)12-11-16-2/h6-10,14,16H,5,11-12H2,1-4H3. The van der Waals surface area contributed by atoms with E-state index >= 15 is 0 Å².